The average Bonchev–Trinajstić information content (AvgIpc) is 3.16. The van der Waals surface area contributed by atoms with Gasteiger partial charge in [-0.15, -0.1) is 0 Å². The lowest BCUT2D eigenvalue weighted by Crippen LogP contribution is -2.30. The number of aliphatic hydroxyl groups excluding tert-OH is 1. The number of benzene rings is 1. The molecule has 1 amide bonds. The molecule has 0 heterocycles. The lowest BCUT2D eigenvalue weighted by Gasteiger charge is -2.11. The Kier molecular flexibility index (Phi) is 4.50. The second kappa shape index (κ2) is 5.95. The highest BCUT2D eigenvalue weighted by atomic mass is 35.5. The zero-order valence-electron chi connectivity index (χ0n) is 10.3. The number of rotatable bonds is 5. The number of carbonyl (C=O) groups excluding carboxylic acids is 1. The molecule has 1 saturated carbocycles. The highest BCUT2D eigenvalue weighted by Gasteiger charge is 2.41. The van der Waals surface area contributed by atoms with Crippen LogP contribution >= 0.6 is 23.2 Å². The maximum Gasteiger partial charge on any atom is 0.244 e. The molecule has 3 nitrogen and oxygen atoms in total. The summed E-state index contributed by atoms with van der Waals surface area (Å²) in [5.74, 6) is -0.212. The number of carbonyl (C=O) groups is 1. The van der Waals surface area contributed by atoms with Gasteiger partial charge >= 0.3 is 0 Å². The highest BCUT2D eigenvalue weighted by Crippen LogP contribution is 2.44. The maximum absolute atomic E-state index is 11.7. The van der Waals surface area contributed by atoms with Crippen LogP contribution in [0.2, 0.25) is 10.0 Å². The van der Waals surface area contributed by atoms with Gasteiger partial charge < -0.3 is 10.4 Å². The number of amides is 1. The van der Waals surface area contributed by atoms with Crippen molar-refractivity contribution in [3.05, 3.63) is 39.9 Å². The number of nitrogens with one attached hydrogen (secondary N) is 1. The van der Waals surface area contributed by atoms with Crippen LogP contribution in [0.4, 0.5) is 0 Å². The Hall–Kier alpha value is -1.03. The van der Waals surface area contributed by atoms with Crippen molar-refractivity contribution in [3.8, 4) is 0 Å². The number of halogens is 2. The zero-order valence-corrected chi connectivity index (χ0v) is 11.8. The predicted molar refractivity (Wildman–Crippen MR) is 77.3 cm³/mol. The Balaban J connectivity index is 1.93. The van der Waals surface area contributed by atoms with Gasteiger partial charge in [0.25, 0.3) is 0 Å². The van der Waals surface area contributed by atoms with Crippen molar-refractivity contribution in [2.24, 2.45) is 5.41 Å². The summed E-state index contributed by atoms with van der Waals surface area (Å²) >= 11 is 12.0. The molecular weight excluding hydrogens is 285 g/mol. The summed E-state index contributed by atoms with van der Waals surface area (Å²) < 4.78 is 0. The molecule has 102 valence electrons. The zero-order chi connectivity index (χ0) is 13.9. The van der Waals surface area contributed by atoms with Crippen molar-refractivity contribution >= 4 is 35.2 Å². The topological polar surface area (TPSA) is 49.3 Å². The van der Waals surface area contributed by atoms with Crippen molar-refractivity contribution in [2.75, 3.05) is 13.2 Å². The SMILES string of the molecule is O=C(/C=C/c1c(Cl)cccc1Cl)NCC1(CO)CC1. The van der Waals surface area contributed by atoms with E-state index in [-0.39, 0.29) is 17.9 Å². The Morgan fingerprint density at radius 1 is 1.37 bits per heavy atom. The molecule has 0 aromatic heterocycles. The van der Waals surface area contributed by atoms with Crippen molar-refractivity contribution in [1.82, 2.24) is 5.32 Å². The largest absolute Gasteiger partial charge is 0.396 e. The van der Waals surface area contributed by atoms with Gasteiger partial charge in [0.15, 0.2) is 0 Å². The van der Waals surface area contributed by atoms with Crippen LogP contribution in [-0.2, 0) is 4.79 Å². The molecule has 1 aromatic carbocycles. The van der Waals surface area contributed by atoms with Crippen LogP contribution in [0.3, 0.4) is 0 Å². The molecule has 2 N–H and O–H groups in total. The second-order valence-electron chi connectivity index (χ2n) is 4.84. The second-order valence-corrected chi connectivity index (χ2v) is 5.66. The summed E-state index contributed by atoms with van der Waals surface area (Å²) in [6.07, 6.45) is 4.92. The van der Waals surface area contributed by atoms with E-state index in [0.29, 0.717) is 22.2 Å². The van der Waals surface area contributed by atoms with Gasteiger partial charge in [-0.1, -0.05) is 29.3 Å². The molecule has 19 heavy (non-hydrogen) atoms. The van der Waals surface area contributed by atoms with Crippen LogP contribution in [0.1, 0.15) is 18.4 Å². The Morgan fingerprint density at radius 2 is 2.00 bits per heavy atom. The molecule has 0 bridgehead atoms. The van der Waals surface area contributed by atoms with Crippen LogP contribution in [0.15, 0.2) is 24.3 Å². The van der Waals surface area contributed by atoms with E-state index in [1.807, 2.05) is 0 Å². The van der Waals surface area contributed by atoms with E-state index in [1.54, 1.807) is 24.3 Å². The van der Waals surface area contributed by atoms with Gasteiger partial charge in [-0.25, -0.2) is 0 Å². The third-order valence-electron chi connectivity index (χ3n) is 3.33. The summed E-state index contributed by atoms with van der Waals surface area (Å²) in [5.41, 5.74) is 0.537. The Bertz CT molecular complexity index is 490. The molecule has 0 atom stereocenters. The fourth-order valence-corrected chi connectivity index (χ4v) is 2.25. The maximum atomic E-state index is 11.7. The van der Waals surface area contributed by atoms with E-state index >= 15 is 0 Å². The lowest BCUT2D eigenvalue weighted by molar-refractivity contribution is -0.116. The van der Waals surface area contributed by atoms with Crippen LogP contribution in [0.5, 0.6) is 0 Å². The van der Waals surface area contributed by atoms with Gasteiger partial charge in [0.1, 0.15) is 0 Å². The normalized spacial score (nSPS) is 16.6. The molecule has 1 aromatic rings. The Labute approximate surface area is 122 Å². The average molecular weight is 300 g/mol. The predicted octanol–water partition coefficient (Wildman–Crippen LogP) is 2.90. The standard InChI is InChI=1S/C14H15Cl2NO2/c15-11-2-1-3-12(16)10(11)4-5-13(19)17-8-14(9-18)6-7-14/h1-5,18H,6-9H2,(H,17,19)/b5-4+. The highest BCUT2D eigenvalue weighted by molar-refractivity contribution is 6.37. The first-order valence-electron chi connectivity index (χ1n) is 6.07. The molecular formula is C14H15Cl2NO2. The Morgan fingerprint density at radius 3 is 2.53 bits per heavy atom. The first-order valence-corrected chi connectivity index (χ1v) is 6.83. The molecule has 0 saturated heterocycles. The van der Waals surface area contributed by atoms with Crippen LogP contribution < -0.4 is 5.32 Å². The smallest absolute Gasteiger partial charge is 0.244 e. The minimum absolute atomic E-state index is 0.0917. The van der Waals surface area contributed by atoms with E-state index in [2.05, 4.69) is 5.32 Å². The fraction of sp³-hybridized carbons (Fsp3) is 0.357. The summed E-state index contributed by atoms with van der Waals surface area (Å²) in [5, 5.41) is 12.9. The molecule has 5 heteroatoms. The summed E-state index contributed by atoms with van der Waals surface area (Å²) in [7, 11) is 0. The third-order valence-corrected chi connectivity index (χ3v) is 3.99. The van der Waals surface area contributed by atoms with E-state index in [1.165, 1.54) is 6.08 Å². The number of hydrogen-bond donors (Lipinski definition) is 2. The molecule has 1 aliphatic carbocycles. The van der Waals surface area contributed by atoms with Crippen molar-refractivity contribution in [1.29, 1.82) is 0 Å². The summed E-state index contributed by atoms with van der Waals surface area (Å²) in [4.78, 5) is 11.7. The van der Waals surface area contributed by atoms with Crippen molar-refractivity contribution < 1.29 is 9.90 Å². The molecule has 0 radical (unpaired) electrons. The third kappa shape index (κ3) is 3.72. The van der Waals surface area contributed by atoms with Crippen LogP contribution in [0.25, 0.3) is 6.08 Å². The van der Waals surface area contributed by atoms with Gasteiger partial charge in [-0.05, 0) is 31.1 Å². The summed E-state index contributed by atoms with van der Waals surface area (Å²) in [6.45, 7) is 0.621. The first-order chi connectivity index (χ1) is 9.06. The van der Waals surface area contributed by atoms with Gasteiger partial charge in [0, 0.05) is 33.6 Å². The van der Waals surface area contributed by atoms with Crippen LogP contribution in [0, 0.1) is 5.41 Å². The number of hydrogen-bond acceptors (Lipinski definition) is 2. The van der Waals surface area contributed by atoms with Gasteiger partial charge in [-0.3, -0.25) is 4.79 Å². The minimum atomic E-state index is -0.212. The van der Waals surface area contributed by atoms with Gasteiger partial charge in [0.05, 0.1) is 6.61 Å². The van der Waals surface area contributed by atoms with Crippen LogP contribution in [-0.4, -0.2) is 24.2 Å². The lowest BCUT2D eigenvalue weighted by atomic mass is 10.1. The first kappa shape index (κ1) is 14.4. The molecule has 0 spiro atoms. The van der Waals surface area contributed by atoms with Gasteiger partial charge in [-0.2, -0.15) is 0 Å². The molecule has 1 aliphatic rings. The fourth-order valence-electron chi connectivity index (χ4n) is 1.73. The van der Waals surface area contributed by atoms with E-state index in [4.69, 9.17) is 28.3 Å². The van der Waals surface area contributed by atoms with E-state index in [0.717, 1.165) is 12.8 Å². The molecule has 1 fully saturated rings. The van der Waals surface area contributed by atoms with Crippen molar-refractivity contribution in [3.63, 3.8) is 0 Å². The molecule has 0 unspecified atom stereocenters. The van der Waals surface area contributed by atoms with E-state index < -0.39 is 0 Å². The van der Waals surface area contributed by atoms with E-state index in [9.17, 15) is 4.79 Å². The molecule has 0 aliphatic heterocycles. The molecule has 2 rings (SSSR count). The minimum Gasteiger partial charge on any atom is -0.396 e. The van der Waals surface area contributed by atoms with Crippen molar-refractivity contribution in [2.45, 2.75) is 12.8 Å². The van der Waals surface area contributed by atoms with Gasteiger partial charge in [0.2, 0.25) is 5.91 Å². The monoisotopic (exact) mass is 299 g/mol. The number of aliphatic hydroxyl groups is 1. The summed E-state index contributed by atoms with van der Waals surface area (Å²) in [6, 6.07) is 5.19. The quantitative estimate of drug-likeness (QED) is 0.822.